The van der Waals surface area contributed by atoms with Gasteiger partial charge in [0.05, 0.1) is 0 Å². The highest BCUT2D eigenvalue weighted by atomic mass is 16.5. The summed E-state index contributed by atoms with van der Waals surface area (Å²) in [5.74, 6) is 0.597. The second kappa shape index (κ2) is 7.67. The molecule has 0 atom stereocenters. The van der Waals surface area contributed by atoms with Crippen molar-refractivity contribution in [3.05, 3.63) is 83.9 Å². The van der Waals surface area contributed by atoms with Crippen LogP contribution in [-0.4, -0.2) is 12.5 Å². The summed E-state index contributed by atoms with van der Waals surface area (Å²) < 4.78 is 5.74. The van der Waals surface area contributed by atoms with Crippen LogP contribution in [0.3, 0.4) is 0 Å². The van der Waals surface area contributed by atoms with Crippen molar-refractivity contribution in [2.24, 2.45) is 0 Å². The van der Waals surface area contributed by atoms with Crippen LogP contribution in [0.4, 0.5) is 5.69 Å². The molecule has 126 valence electrons. The number of benzene rings is 3. The lowest BCUT2D eigenvalue weighted by Gasteiger charge is -2.14. The molecule has 3 nitrogen and oxygen atoms in total. The molecule has 3 rings (SSSR count). The lowest BCUT2D eigenvalue weighted by Crippen LogP contribution is -2.21. The Bertz CT molecular complexity index is 852. The standard InChI is InChI=1S/C22H21NO2/c1-16-9-8-10-17(2)22(16)25-15-21(24)23-20-14-7-6-13-19(20)18-11-4-3-5-12-18/h3-14H,15H2,1-2H3,(H,23,24). The fraction of sp³-hybridized carbons (Fsp3) is 0.136. The summed E-state index contributed by atoms with van der Waals surface area (Å²) in [7, 11) is 0. The van der Waals surface area contributed by atoms with Crippen molar-refractivity contribution in [2.75, 3.05) is 11.9 Å². The molecule has 0 saturated carbocycles. The van der Waals surface area contributed by atoms with Crippen LogP contribution in [0.15, 0.2) is 72.8 Å². The van der Waals surface area contributed by atoms with E-state index in [2.05, 4.69) is 5.32 Å². The quantitative estimate of drug-likeness (QED) is 0.715. The van der Waals surface area contributed by atoms with Gasteiger partial charge in [-0.25, -0.2) is 0 Å². The van der Waals surface area contributed by atoms with Gasteiger partial charge in [-0.3, -0.25) is 4.79 Å². The summed E-state index contributed by atoms with van der Waals surface area (Å²) in [6.07, 6.45) is 0. The molecule has 0 unspecified atom stereocenters. The minimum atomic E-state index is -0.175. The number of nitrogens with one attached hydrogen (secondary N) is 1. The van der Waals surface area contributed by atoms with Gasteiger partial charge in [-0.05, 0) is 36.6 Å². The topological polar surface area (TPSA) is 38.3 Å². The summed E-state index contributed by atoms with van der Waals surface area (Å²) >= 11 is 0. The first-order valence-corrected chi connectivity index (χ1v) is 8.28. The molecule has 0 aliphatic heterocycles. The number of rotatable bonds is 5. The third kappa shape index (κ3) is 4.07. The van der Waals surface area contributed by atoms with Gasteiger partial charge in [-0.1, -0.05) is 66.7 Å². The van der Waals surface area contributed by atoms with E-state index in [1.165, 1.54) is 0 Å². The van der Waals surface area contributed by atoms with Gasteiger partial charge < -0.3 is 10.1 Å². The van der Waals surface area contributed by atoms with Crippen molar-refractivity contribution >= 4 is 11.6 Å². The van der Waals surface area contributed by atoms with Crippen LogP contribution in [0, 0.1) is 13.8 Å². The molecule has 0 aliphatic rings. The fourth-order valence-electron chi connectivity index (χ4n) is 2.81. The van der Waals surface area contributed by atoms with Crippen molar-refractivity contribution in [3.8, 4) is 16.9 Å². The zero-order valence-corrected chi connectivity index (χ0v) is 14.5. The van der Waals surface area contributed by atoms with Crippen molar-refractivity contribution < 1.29 is 9.53 Å². The highest BCUT2D eigenvalue weighted by Gasteiger charge is 2.10. The number of ether oxygens (including phenoxy) is 1. The molecule has 0 aromatic heterocycles. The third-order valence-corrected chi connectivity index (χ3v) is 4.04. The number of para-hydroxylation sites is 2. The number of hydrogen-bond donors (Lipinski definition) is 1. The SMILES string of the molecule is Cc1cccc(C)c1OCC(=O)Nc1ccccc1-c1ccccc1. The van der Waals surface area contributed by atoms with Gasteiger partial charge in [0.2, 0.25) is 0 Å². The molecule has 0 bridgehead atoms. The molecular weight excluding hydrogens is 310 g/mol. The Morgan fingerprint density at radius 3 is 2.20 bits per heavy atom. The predicted octanol–water partition coefficient (Wildman–Crippen LogP) is 4.99. The number of carbonyl (C=O) groups excluding carboxylic acids is 1. The maximum atomic E-state index is 12.4. The zero-order chi connectivity index (χ0) is 17.6. The minimum absolute atomic E-state index is 0.0190. The molecule has 3 aromatic rings. The van der Waals surface area contributed by atoms with E-state index in [1.807, 2.05) is 86.6 Å². The molecule has 0 fully saturated rings. The minimum Gasteiger partial charge on any atom is -0.483 e. The number of anilines is 1. The Balaban J connectivity index is 1.72. The second-order valence-corrected chi connectivity index (χ2v) is 5.97. The van der Waals surface area contributed by atoms with Crippen molar-refractivity contribution in [3.63, 3.8) is 0 Å². The molecule has 1 amide bonds. The van der Waals surface area contributed by atoms with Gasteiger partial charge >= 0.3 is 0 Å². The van der Waals surface area contributed by atoms with E-state index in [9.17, 15) is 4.79 Å². The Kier molecular flexibility index (Phi) is 5.14. The number of hydrogen-bond acceptors (Lipinski definition) is 2. The first-order valence-electron chi connectivity index (χ1n) is 8.28. The highest BCUT2D eigenvalue weighted by Crippen LogP contribution is 2.27. The number of carbonyl (C=O) groups is 1. The van der Waals surface area contributed by atoms with Crippen LogP contribution in [0.2, 0.25) is 0 Å². The molecule has 0 heterocycles. The van der Waals surface area contributed by atoms with Gasteiger partial charge in [0, 0.05) is 11.3 Å². The molecule has 25 heavy (non-hydrogen) atoms. The average molecular weight is 331 g/mol. The fourth-order valence-corrected chi connectivity index (χ4v) is 2.81. The monoisotopic (exact) mass is 331 g/mol. The van der Waals surface area contributed by atoms with Gasteiger partial charge in [-0.15, -0.1) is 0 Å². The Hall–Kier alpha value is -3.07. The van der Waals surface area contributed by atoms with Crippen LogP contribution in [0.25, 0.3) is 11.1 Å². The van der Waals surface area contributed by atoms with E-state index in [1.54, 1.807) is 0 Å². The van der Waals surface area contributed by atoms with Gasteiger partial charge in [0.15, 0.2) is 6.61 Å². The average Bonchev–Trinajstić information content (AvgIpc) is 2.62. The van der Waals surface area contributed by atoms with Gasteiger partial charge in [-0.2, -0.15) is 0 Å². The smallest absolute Gasteiger partial charge is 0.262 e. The second-order valence-electron chi connectivity index (χ2n) is 5.97. The maximum Gasteiger partial charge on any atom is 0.262 e. The molecule has 0 saturated heterocycles. The van der Waals surface area contributed by atoms with Crippen molar-refractivity contribution in [2.45, 2.75) is 13.8 Å². The molecule has 3 heteroatoms. The van der Waals surface area contributed by atoms with E-state index in [-0.39, 0.29) is 12.5 Å². The van der Waals surface area contributed by atoms with Crippen LogP contribution in [0.5, 0.6) is 5.75 Å². The molecule has 0 spiro atoms. The highest BCUT2D eigenvalue weighted by molar-refractivity contribution is 5.96. The lowest BCUT2D eigenvalue weighted by molar-refractivity contribution is -0.118. The molecular formula is C22H21NO2. The van der Waals surface area contributed by atoms with Crippen LogP contribution in [-0.2, 0) is 4.79 Å². The lowest BCUT2D eigenvalue weighted by atomic mass is 10.0. The Labute approximate surface area is 148 Å². The van der Waals surface area contributed by atoms with E-state index >= 15 is 0 Å². The third-order valence-electron chi connectivity index (χ3n) is 4.04. The summed E-state index contributed by atoms with van der Waals surface area (Å²) in [6, 6.07) is 23.7. The van der Waals surface area contributed by atoms with Crippen molar-refractivity contribution in [1.29, 1.82) is 0 Å². The first kappa shape index (κ1) is 16.8. The first-order chi connectivity index (χ1) is 12.1. The zero-order valence-electron chi connectivity index (χ0n) is 14.5. The normalized spacial score (nSPS) is 10.3. The Morgan fingerprint density at radius 2 is 1.48 bits per heavy atom. The van der Waals surface area contributed by atoms with Crippen LogP contribution < -0.4 is 10.1 Å². The van der Waals surface area contributed by atoms with Gasteiger partial charge in [0.25, 0.3) is 5.91 Å². The Morgan fingerprint density at radius 1 is 0.840 bits per heavy atom. The predicted molar refractivity (Wildman–Crippen MR) is 102 cm³/mol. The summed E-state index contributed by atoms with van der Waals surface area (Å²) in [5, 5.41) is 2.95. The summed E-state index contributed by atoms with van der Waals surface area (Å²) in [4.78, 5) is 12.4. The van der Waals surface area contributed by atoms with Gasteiger partial charge in [0.1, 0.15) is 5.75 Å². The number of aryl methyl sites for hydroxylation is 2. The molecule has 0 aliphatic carbocycles. The molecule has 3 aromatic carbocycles. The molecule has 1 N–H and O–H groups in total. The van der Waals surface area contributed by atoms with E-state index in [0.29, 0.717) is 0 Å². The van der Waals surface area contributed by atoms with Crippen LogP contribution in [0.1, 0.15) is 11.1 Å². The van der Waals surface area contributed by atoms with E-state index in [4.69, 9.17) is 4.74 Å². The number of amides is 1. The summed E-state index contributed by atoms with van der Waals surface area (Å²) in [6.45, 7) is 3.94. The van der Waals surface area contributed by atoms with Crippen LogP contribution >= 0.6 is 0 Å². The van der Waals surface area contributed by atoms with E-state index in [0.717, 1.165) is 33.7 Å². The van der Waals surface area contributed by atoms with E-state index < -0.39 is 0 Å². The molecule has 0 radical (unpaired) electrons. The maximum absolute atomic E-state index is 12.4. The summed E-state index contributed by atoms with van der Waals surface area (Å²) in [5.41, 5.74) is 4.89. The largest absolute Gasteiger partial charge is 0.483 e. The van der Waals surface area contributed by atoms with Crippen molar-refractivity contribution in [1.82, 2.24) is 0 Å².